The highest BCUT2D eigenvalue weighted by atomic mass is 16.5. The second-order valence-corrected chi connectivity index (χ2v) is 9.94. The molecule has 32 heavy (non-hydrogen) atoms. The van der Waals surface area contributed by atoms with Crippen molar-refractivity contribution >= 4 is 29.4 Å². The first kappa shape index (κ1) is 20.9. The third-order valence-corrected chi connectivity index (χ3v) is 7.40. The maximum atomic E-state index is 13.2. The minimum atomic E-state index is -0.896. The van der Waals surface area contributed by atoms with Crippen LogP contribution in [0.3, 0.4) is 0 Å². The van der Waals surface area contributed by atoms with Gasteiger partial charge in [0.25, 0.3) is 0 Å². The lowest BCUT2D eigenvalue weighted by molar-refractivity contribution is -0.146. The molecule has 168 valence electrons. The maximum Gasteiger partial charge on any atom is 0.338 e. The lowest BCUT2D eigenvalue weighted by Gasteiger charge is -2.37. The first-order valence-electron chi connectivity index (χ1n) is 11.4. The van der Waals surface area contributed by atoms with Gasteiger partial charge in [-0.3, -0.25) is 19.3 Å². The summed E-state index contributed by atoms with van der Waals surface area (Å²) in [5.74, 6) is -0.324. The van der Waals surface area contributed by atoms with Gasteiger partial charge >= 0.3 is 5.97 Å². The number of rotatable bonds is 6. The van der Waals surface area contributed by atoms with Crippen LogP contribution in [0.25, 0.3) is 0 Å². The highest BCUT2D eigenvalue weighted by Gasteiger charge is 2.67. The van der Waals surface area contributed by atoms with Crippen molar-refractivity contribution in [2.75, 3.05) is 11.9 Å². The number of nitrogens with one attached hydrogen (secondary N) is 1. The summed E-state index contributed by atoms with van der Waals surface area (Å²) in [5.41, 5.74) is 0.883. The van der Waals surface area contributed by atoms with E-state index in [4.69, 9.17) is 4.74 Å². The summed E-state index contributed by atoms with van der Waals surface area (Å²) < 4.78 is 5.21. The highest BCUT2D eigenvalue weighted by Crippen LogP contribution is 2.65. The minimum Gasteiger partial charge on any atom is -0.462 e. The Balaban J connectivity index is 1.24. The summed E-state index contributed by atoms with van der Waals surface area (Å²) in [7, 11) is 0. The lowest BCUT2D eigenvalue weighted by Crippen LogP contribution is -2.46. The van der Waals surface area contributed by atoms with Crippen LogP contribution in [0.2, 0.25) is 0 Å². The standard InChI is InChI=1S/C25H28N2O5/c1-12(2)11-32-25(31)14-4-6-15(7-5-14)26-22(28)13(3)27-23(29)20-16-8-9-17(19-10-18(16)19)21(20)24(27)30/h4-9,12-13,16-21H,10-11H2,1-3H3,(H,26,28)/t13-,16+,17+,18+,19+,20-,21+/m0/s1. The topological polar surface area (TPSA) is 92.8 Å². The Labute approximate surface area is 187 Å². The zero-order valence-corrected chi connectivity index (χ0v) is 18.5. The maximum absolute atomic E-state index is 13.2. The minimum absolute atomic E-state index is 0.134. The van der Waals surface area contributed by atoms with Gasteiger partial charge in [-0.15, -0.1) is 0 Å². The van der Waals surface area contributed by atoms with Crippen molar-refractivity contribution in [3.8, 4) is 0 Å². The van der Waals surface area contributed by atoms with Crippen molar-refractivity contribution in [1.82, 2.24) is 4.90 Å². The summed E-state index contributed by atoms with van der Waals surface area (Å²) in [5, 5.41) is 2.76. The number of hydrogen-bond donors (Lipinski definition) is 1. The van der Waals surface area contributed by atoms with Crippen molar-refractivity contribution in [2.45, 2.75) is 33.2 Å². The van der Waals surface area contributed by atoms with Gasteiger partial charge in [-0.05, 0) is 67.2 Å². The Morgan fingerprint density at radius 2 is 1.56 bits per heavy atom. The van der Waals surface area contributed by atoms with Crippen LogP contribution >= 0.6 is 0 Å². The first-order valence-corrected chi connectivity index (χ1v) is 11.4. The second kappa shape index (κ2) is 7.57. The Bertz CT molecular complexity index is 978. The molecule has 0 aromatic heterocycles. The van der Waals surface area contributed by atoms with Crippen LogP contribution in [0.1, 0.15) is 37.6 Å². The molecule has 0 radical (unpaired) electrons. The predicted octanol–water partition coefficient (Wildman–Crippen LogP) is 2.88. The van der Waals surface area contributed by atoms with E-state index in [0.29, 0.717) is 29.7 Å². The van der Waals surface area contributed by atoms with Crippen LogP contribution in [0.5, 0.6) is 0 Å². The molecule has 1 aromatic carbocycles. The molecule has 1 N–H and O–H groups in total. The fourth-order valence-electron chi connectivity index (χ4n) is 5.74. The molecule has 7 atom stereocenters. The molecule has 1 aliphatic heterocycles. The Morgan fingerprint density at radius 3 is 2.09 bits per heavy atom. The highest BCUT2D eigenvalue weighted by molar-refractivity contribution is 6.10. The van der Waals surface area contributed by atoms with Crippen molar-refractivity contribution in [3.63, 3.8) is 0 Å². The quantitative estimate of drug-likeness (QED) is 0.421. The molecule has 5 aliphatic rings. The molecular weight excluding hydrogens is 408 g/mol. The zero-order chi connectivity index (χ0) is 22.7. The molecule has 7 heteroatoms. The van der Waals surface area contributed by atoms with Crippen LogP contribution < -0.4 is 5.32 Å². The van der Waals surface area contributed by atoms with Crippen LogP contribution in [0, 0.1) is 41.4 Å². The third-order valence-electron chi connectivity index (χ3n) is 7.40. The molecule has 3 amide bonds. The van der Waals surface area contributed by atoms with E-state index < -0.39 is 17.9 Å². The molecule has 1 aromatic rings. The van der Waals surface area contributed by atoms with Crippen LogP contribution in [-0.4, -0.2) is 41.2 Å². The third kappa shape index (κ3) is 3.26. The summed E-state index contributed by atoms with van der Waals surface area (Å²) in [6.45, 7) is 5.85. The number of anilines is 1. The van der Waals surface area contributed by atoms with E-state index in [1.807, 2.05) is 13.8 Å². The number of esters is 1. The number of amides is 3. The summed E-state index contributed by atoms with van der Waals surface area (Å²) in [4.78, 5) is 52.5. The van der Waals surface area contributed by atoms with Crippen molar-refractivity contribution < 1.29 is 23.9 Å². The van der Waals surface area contributed by atoms with Gasteiger partial charge in [0.1, 0.15) is 6.04 Å². The zero-order valence-electron chi connectivity index (χ0n) is 18.5. The van der Waals surface area contributed by atoms with E-state index in [0.717, 1.165) is 6.42 Å². The van der Waals surface area contributed by atoms with Gasteiger partial charge < -0.3 is 10.1 Å². The average molecular weight is 437 g/mol. The van der Waals surface area contributed by atoms with Gasteiger partial charge in [0, 0.05) is 5.69 Å². The van der Waals surface area contributed by atoms with Crippen LogP contribution in [0.4, 0.5) is 5.69 Å². The lowest BCUT2D eigenvalue weighted by atomic mass is 9.63. The fraction of sp³-hybridized carbons (Fsp3) is 0.520. The molecule has 4 aliphatic carbocycles. The molecule has 0 spiro atoms. The van der Waals surface area contributed by atoms with Gasteiger partial charge in [0.15, 0.2) is 0 Å². The second-order valence-electron chi connectivity index (χ2n) is 9.94. The van der Waals surface area contributed by atoms with E-state index >= 15 is 0 Å². The number of allylic oxidation sites excluding steroid dienone is 2. The molecule has 2 saturated carbocycles. The predicted molar refractivity (Wildman–Crippen MR) is 116 cm³/mol. The molecule has 1 heterocycles. The smallest absolute Gasteiger partial charge is 0.338 e. The van der Waals surface area contributed by atoms with Crippen LogP contribution in [0.15, 0.2) is 36.4 Å². The van der Waals surface area contributed by atoms with E-state index in [9.17, 15) is 19.2 Å². The van der Waals surface area contributed by atoms with Crippen molar-refractivity contribution in [2.24, 2.45) is 41.4 Å². The van der Waals surface area contributed by atoms with E-state index in [-0.39, 0.29) is 41.4 Å². The van der Waals surface area contributed by atoms with Gasteiger partial charge in [-0.2, -0.15) is 0 Å². The average Bonchev–Trinajstić information content (AvgIpc) is 3.55. The van der Waals surface area contributed by atoms with Gasteiger partial charge in [-0.1, -0.05) is 26.0 Å². The number of imide groups is 1. The Morgan fingerprint density at radius 1 is 1.00 bits per heavy atom. The summed E-state index contributed by atoms with van der Waals surface area (Å²) in [6, 6.07) is 5.49. The molecule has 0 unspecified atom stereocenters. The van der Waals surface area contributed by atoms with Crippen molar-refractivity contribution in [3.05, 3.63) is 42.0 Å². The number of likely N-dealkylation sites (tertiary alicyclic amines) is 1. The molecule has 3 fully saturated rings. The van der Waals surface area contributed by atoms with Gasteiger partial charge in [0.2, 0.25) is 17.7 Å². The normalized spacial score (nSPS) is 32.6. The number of carbonyl (C=O) groups excluding carboxylic acids is 4. The molecule has 2 bridgehead atoms. The van der Waals surface area contributed by atoms with E-state index in [1.165, 1.54) is 4.90 Å². The van der Waals surface area contributed by atoms with Gasteiger partial charge in [0.05, 0.1) is 24.0 Å². The first-order chi connectivity index (χ1) is 15.3. The van der Waals surface area contributed by atoms with Crippen LogP contribution in [-0.2, 0) is 19.1 Å². The Kier molecular flexibility index (Phi) is 4.95. The fourth-order valence-corrected chi connectivity index (χ4v) is 5.74. The number of nitrogens with zero attached hydrogens (tertiary/aromatic N) is 1. The number of carbonyl (C=O) groups is 4. The monoisotopic (exact) mass is 436 g/mol. The SMILES string of the molecule is CC(C)COC(=O)c1ccc(NC(=O)[C@H](C)N2C(=O)[C@@H]3[C@@H]4C=C[C@H]([C@H]5C[C@H]45)[C@@H]3C2=O)cc1. The molecule has 7 nitrogen and oxygen atoms in total. The summed E-state index contributed by atoms with van der Waals surface area (Å²) in [6.07, 6.45) is 5.34. The molecule has 1 saturated heterocycles. The summed E-state index contributed by atoms with van der Waals surface area (Å²) >= 11 is 0. The van der Waals surface area contributed by atoms with Gasteiger partial charge in [-0.25, -0.2) is 4.79 Å². The van der Waals surface area contributed by atoms with E-state index in [2.05, 4.69) is 17.5 Å². The Hall–Kier alpha value is -2.96. The van der Waals surface area contributed by atoms with Crippen molar-refractivity contribution in [1.29, 1.82) is 0 Å². The molecule has 6 rings (SSSR count). The number of ether oxygens (including phenoxy) is 1. The van der Waals surface area contributed by atoms with E-state index in [1.54, 1.807) is 31.2 Å². The molecular formula is C25H28N2O5. The number of hydrogen-bond acceptors (Lipinski definition) is 5. The largest absolute Gasteiger partial charge is 0.462 e. The number of benzene rings is 1.